The molecule has 2 bridgehead atoms. The van der Waals surface area contributed by atoms with Gasteiger partial charge in [-0.3, -0.25) is 28.1 Å². The Labute approximate surface area is 276 Å². The Morgan fingerprint density at radius 1 is 1.00 bits per heavy atom. The maximum absolute atomic E-state index is 13.6. The van der Waals surface area contributed by atoms with Crippen LogP contribution < -0.4 is 21.9 Å². The molecule has 2 aromatic heterocycles. The lowest BCUT2D eigenvalue weighted by Crippen LogP contribution is -2.52. The van der Waals surface area contributed by atoms with Crippen LogP contribution in [0.4, 0.5) is 0 Å². The highest BCUT2D eigenvalue weighted by molar-refractivity contribution is 7.85. The van der Waals surface area contributed by atoms with Gasteiger partial charge in [0.2, 0.25) is 5.91 Å². The van der Waals surface area contributed by atoms with Crippen LogP contribution in [0.25, 0.3) is 21.6 Å². The molecule has 3 aromatic rings. The molecule has 3 saturated carbocycles. The highest BCUT2D eigenvalue weighted by Gasteiger charge is 2.54. The third kappa shape index (κ3) is 7.03. The minimum Gasteiger partial charge on any atom is -0.356 e. The van der Waals surface area contributed by atoms with Gasteiger partial charge >= 0.3 is 5.69 Å². The lowest BCUT2D eigenvalue weighted by molar-refractivity contribution is -0.138. The number of nitrogens with zero attached hydrogens (tertiary/aromatic N) is 6. The van der Waals surface area contributed by atoms with E-state index in [9.17, 15) is 27.6 Å². The van der Waals surface area contributed by atoms with Gasteiger partial charge in [-0.25, -0.2) is 9.78 Å². The summed E-state index contributed by atoms with van der Waals surface area (Å²) in [5, 5.41) is 9.27. The quantitative estimate of drug-likeness (QED) is 0.0609. The molecule has 2 amide bonds. The molecule has 0 aliphatic heterocycles. The molecule has 0 radical (unpaired) electrons. The van der Waals surface area contributed by atoms with Crippen molar-refractivity contribution in [3.05, 3.63) is 66.9 Å². The number of fused-ring (bicyclic) bond motifs is 4. The van der Waals surface area contributed by atoms with E-state index in [2.05, 4.69) is 25.6 Å². The summed E-state index contributed by atoms with van der Waals surface area (Å²) in [7, 11) is -4.38. The lowest BCUT2D eigenvalue weighted by atomic mass is 9.53. The second-order valence-electron chi connectivity index (χ2n) is 12.8. The average Bonchev–Trinajstić information content (AvgIpc) is 3.55. The van der Waals surface area contributed by atoms with E-state index in [4.69, 9.17) is 15.1 Å². The lowest BCUT2D eigenvalue weighted by Gasteiger charge is -2.51. The summed E-state index contributed by atoms with van der Waals surface area (Å²) in [5.74, 6) is 0.230. The summed E-state index contributed by atoms with van der Waals surface area (Å²) in [6.45, 7) is 3.39. The average molecular weight is 684 g/mol. The fourth-order valence-electron chi connectivity index (χ4n) is 6.92. The summed E-state index contributed by atoms with van der Waals surface area (Å²) in [6, 6.07) is 4.86. The Morgan fingerprint density at radius 3 is 2.27 bits per heavy atom. The van der Waals surface area contributed by atoms with Gasteiger partial charge in [0.1, 0.15) is 11.3 Å². The van der Waals surface area contributed by atoms with Gasteiger partial charge in [-0.05, 0) is 87.6 Å². The van der Waals surface area contributed by atoms with E-state index >= 15 is 0 Å². The third-order valence-corrected chi connectivity index (χ3v) is 10.7. The number of aromatic nitrogens is 4. The van der Waals surface area contributed by atoms with E-state index in [1.54, 1.807) is 0 Å². The standard InChI is InChI=1S/C31H41N9O7S/c1-2-3-19-40-26(42)23-24(39(29(40)44)20-5-17-33-25(41)21-6-8-22(9-7-21)48(45,46)47)37-27(36-23)30-10-13-31(14-11-30,15-12-30)28(43)34-16-4-18-35-38-32/h6-9H,2-5,10-20H2,1H3,(H,33,41)(H,34,43)(H,36,37)(H,45,46,47). The van der Waals surface area contributed by atoms with Crippen molar-refractivity contribution in [3.63, 3.8) is 0 Å². The van der Waals surface area contributed by atoms with E-state index in [1.807, 2.05) is 6.92 Å². The number of azide groups is 1. The van der Waals surface area contributed by atoms with Crippen molar-refractivity contribution in [2.75, 3.05) is 19.6 Å². The van der Waals surface area contributed by atoms with E-state index < -0.39 is 32.7 Å². The van der Waals surface area contributed by atoms with Crippen LogP contribution in [0.2, 0.25) is 0 Å². The van der Waals surface area contributed by atoms with Crippen LogP contribution in [-0.4, -0.2) is 63.5 Å². The largest absolute Gasteiger partial charge is 0.356 e. The van der Waals surface area contributed by atoms with Gasteiger partial charge in [-0.15, -0.1) is 0 Å². The number of carbonyl (C=O) groups is 2. The van der Waals surface area contributed by atoms with Crippen molar-refractivity contribution in [2.45, 2.75) is 94.5 Å². The highest BCUT2D eigenvalue weighted by atomic mass is 32.2. The number of aryl methyl sites for hydroxylation is 1. The first-order valence-electron chi connectivity index (χ1n) is 16.3. The van der Waals surface area contributed by atoms with Crippen LogP contribution in [0.1, 0.15) is 87.3 Å². The van der Waals surface area contributed by atoms with Gasteiger partial charge < -0.3 is 15.6 Å². The summed E-state index contributed by atoms with van der Waals surface area (Å²) >= 11 is 0. The number of amides is 2. The van der Waals surface area contributed by atoms with E-state index in [0.29, 0.717) is 76.7 Å². The normalized spacial score (nSPS) is 20.4. The molecule has 0 saturated heterocycles. The number of imidazole rings is 1. The molecule has 3 aliphatic rings. The zero-order valence-electron chi connectivity index (χ0n) is 26.9. The molecule has 2 heterocycles. The van der Waals surface area contributed by atoms with Gasteiger partial charge in [0.15, 0.2) is 5.65 Å². The predicted molar refractivity (Wildman–Crippen MR) is 176 cm³/mol. The van der Waals surface area contributed by atoms with E-state index in [1.165, 1.54) is 21.3 Å². The first-order valence-corrected chi connectivity index (χ1v) is 17.8. The minimum absolute atomic E-state index is 0.0243. The van der Waals surface area contributed by atoms with E-state index in [0.717, 1.165) is 18.6 Å². The van der Waals surface area contributed by atoms with Gasteiger partial charge in [-0.2, -0.15) is 8.42 Å². The zero-order valence-corrected chi connectivity index (χ0v) is 27.7. The Balaban J connectivity index is 1.32. The number of hydrogen-bond acceptors (Lipinski definition) is 8. The number of carbonyl (C=O) groups excluding carboxylic acids is 2. The van der Waals surface area contributed by atoms with Gasteiger partial charge in [0.05, 0.1) is 4.90 Å². The fourth-order valence-corrected chi connectivity index (χ4v) is 7.40. The number of aromatic amines is 1. The highest BCUT2D eigenvalue weighted by Crippen LogP contribution is 2.57. The van der Waals surface area contributed by atoms with Crippen molar-refractivity contribution in [2.24, 2.45) is 10.5 Å². The van der Waals surface area contributed by atoms with Crippen LogP contribution >= 0.6 is 0 Å². The van der Waals surface area contributed by atoms with Crippen molar-refractivity contribution in [1.29, 1.82) is 0 Å². The molecule has 258 valence electrons. The number of hydrogen-bond donors (Lipinski definition) is 4. The molecule has 0 atom stereocenters. The van der Waals surface area contributed by atoms with Crippen molar-refractivity contribution in [1.82, 2.24) is 29.7 Å². The molecule has 16 nitrogen and oxygen atoms in total. The molecule has 48 heavy (non-hydrogen) atoms. The Morgan fingerprint density at radius 2 is 1.65 bits per heavy atom. The van der Waals surface area contributed by atoms with Gasteiger partial charge in [0.25, 0.3) is 21.6 Å². The van der Waals surface area contributed by atoms with Gasteiger partial charge in [-0.1, -0.05) is 18.5 Å². The number of nitrogens with one attached hydrogen (secondary N) is 3. The number of benzene rings is 1. The maximum Gasteiger partial charge on any atom is 0.332 e. The second-order valence-corrected chi connectivity index (χ2v) is 14.2. The fraction of sp³-hybridized carbons (Fsp3) is 0.581. The van der Waals surface area contributed by atoms with E-state index in [-0.39, 0.29) is 52.6 Å². The maximum atomic E-state index is 13.6. The second kappa shape index (κ2) is 14.3. The summed E-state index contributed by atoms with van der Waals surface area (Å²) in [5.41, 5.74) is 7.50. The van der Waals surface area contributed by atoms with Crippen LogP contribution in [0.15, 0.2) is 43.9 Å². The molecule has 1 aromatic carbocycles. The molecule has 17 heteroatoms. The van der Waals surface area contributed by atoms with Crippen molar-refractivity contribution >= 4 is 33.1 Å². The number of rotatable bonds is 15. The molecular formula is C31H41N9O7S. The third-order valence-electron chi connectivity index (χ3n) is 9.87. The summed E-state index contributed by atoms with van der Waals surface area (Å²) in [4.78, 5) is 63.6. The molecule has 6 rings (SSSR count). The first kappa shape index (κ1) is 34.9. The topological polar surface area (TPSA) is 234 Å². The molecule has 0 unspecified atom stereocenters. The van der Waals surface area contributed by atoms with Crippen molar-refractivity contribution < 1.29 is 22.6 Å². The number of H-pyrrole nitrogens is 1. The van der Waals surface area contributed by atoms with Crippen LogP contribution in [0.5, 0.6) is 0 Å². The zero-order chi connectivity index (χ0) is 34.5. The van der Waals surface area contributed by atoms with Crippen LogP contribution in [0, 0.1) is 5.41 Å². The Bertz CT molecular complexity index is 1930. The van der Waals surface area contributed by atoms with Crippen LogP contribution in [-0.2, 0) is 33.4 Å². The summed E-state index contributed by atoms with van der Waals surface area (Å²) < 4.78 is 34.4. The van der Waals surface area contributed by atoms with Crippen molar-refractivity contribution in [3.8, 4) is 0 Å². The summed E-state index contributed by atoms with van der Waals surface area (Å²) in [6.07, 6.45) is 6.54. The molecule has 0 spiro atoms. The van der Waals surface area contributed by atoms with Gasteiger partial charge in [0, 0.05) is 54.0 Å². The minimum atomic E-state index is -4.38. The molecule has 4 N–H and O–H groups in total. The SMILES string of the molecule is CCCCn1c(=O)c2[nH]c(C34CCC(C(=O)NCCCN=[N+]=[N-])(CC3)CC4)nc2n(CCCNC(=O)c2ccc(S(=O)(=O)O)cc2)c1=O. The molecule has 3 aliphatic carbocycles. The predicted octanol–water partition coefficient (Wildman–Crippen LogP) is 3.16. The van der Waals surface area contributed by atoms with Crippen LogP contribution in [0.3, 0.4) is 0 Å². The first-order chi connectivity index (χ1) is 22.9. The Hall–Kier alpha value is -4.47. The molecule has 3 fully saturated rings. The Kier molecular flexibility index (Phi) is 10.4. The number of unbranched alkanes of at least 4 members (excludes halogenated alkanes) is 1. The smallest absolute Gasteiger partial charge is 0.332 e. The molecular weight excluding hydrogens is 642 g/mol. The monoisotopic (exact) mass is 683 g/mol.